The van der Waals surface area contributed by atoms with Crippen molar-refractivity contribution in [3.8, 4) is 5.75 Å². The van der Waals surface area contributed by atoms with Crippen LogP contribution >= 0.6 is 0 Å². The molecule has 5 aromatic rings. The first-order valence-electron chi connectivity index (χ1n) is 10.8. The number of amides is 1. The average molecular weight is 454 g/mol. The predicted octanol–water partition coefficient (Wildman–Crippen LogP) is 3.63. The van der Waals surface area contributed by atoms with Crippen LogP contribution in [0.25, 0.3) is 21.8 Å². The van der Waals surface area contributed by atoms with Crippen LogP contribution in [0.3, 0.4) is 0 Å². The molecule has 0 aliphatic carbocycles. The van der Waals surface area contributed by atoms with Gasteiger partial charge in [0.25, 0.3) is 5.91 Å². The number of ether oxygens (including phenoxy) is 1. The number of likely N-dealkylation sites (N-methyl/N-ethyl adjacent to an activating group) is 1. The van der Waals surface area contributed by atoms with Gasteiger partial charge in [-0.1, -0.05) is 12.1 Å². The SMILES string of the molecule is CN(C)C(=O)COc1cccc2ncnc(Nc3ccc4c(cnn4Cc4ccccn4)c3)c12. The Morgan fingerprint density at radius 2 is 1.97 bits per heavy atom. The third-order valence-electron chi connectivity index (χ3n) is 5.42. The van der Waals surface area contributed by atoms with E-state index in [9.17, 15) is 4.79 Å². The standard InChI is InChI=1S/C25H23N7O2/c1-31(2)23(33)15-34-22-8-5-7-20-24(22)25(28-16-27-20)30-18-9-10-21-17(12-18)13-29-32(21)14-19-6-3-4-11-26-19/h3-13,16H,14-15H2,1-2H3,(H,27,28,30). The number of carbonyl (C=O) groups excluding carboxylic acids is 1. The van der Waals surface area contributed by atoms with Crippen molar-refractivity contribution in [1.82, 2.24) is 29.6 Å². The van der Waals surface area contributed by atoms with Crippen molar-refractivity contribution in [1.29, 1.82) is 0 Å². The Morgan fingerprint density at radius 1 is 1.06 bits per heavy atom. The molecule has 0 aliphatic heterocycles. The van der Waals surface area contributed by atoms with Gasteiger partial charge in [-0.15, -0.1) is 0 Å². The topological polar surface area (TPSA) is 98.1 Å². The molecule has 0 unspecified atom stereocenters. The zero-order valence-electron chi connectivity index (χ0n) is 18.8. The van der Waals surface area contributed by atoms with Crippen molar-refractivity contribution in [3.63, 3.8) is 0 Å². The van der Waals surface area contributed by atoms with E-state index in [0.29, 0.717) is 23.5 Å². The van der Waals surface area contributed by atoms with Crippen LogP contribution in [0.5, 0.6) is 5.75 Å². The molecule has 0 saturated carbocycles. The second kappa shape index (κ2) is 9.14. The Hall–Kier alpha value is -4.53. The van der Waals surface area contributed by atoms with Gasteiger partial charge in [0.1, 0.15) is 17.9 Å². The van der Waals surface area contributed by atoms with Crippen molar-refractivity contribution in [2.24, 2.45) is 0 Å². The molecule has 0 radical (unpaired) electrons. The van der Waals surface area contributed by atoms with E-state index >= 15 is 0 Å². The monoisotopic (exact) mass is 453 g/mol. The molecule has 0 bridgehead atoms. The van der Waals surface area contributed by atoms with Gasteiger partial charge in [0.05, 0.1) is 34.9 Å². The van der Waals surface area contributed by atoms with Gasteiger partial charge in [-0.3, -0.25) is 14.5 Å². The van der Waals surface area contributed by atoms with Crippen molar-refractivity contribution in [2.75, 3.05) is 26.0 Å². The molecular weight excluding hydrogens is 430 g/mol. The minimum Gasteiger partial charge on any atom is -0.483 e. The lowest BCUT2D eigenvalue weighted by Gasteiger charge is -2.14. The van der Waals surface area contributed by atoms with Crippen molar-refractivity contribution in [3.05, 3.63) is 79.0 Å². The van der Waals surface area contributed by atoms with E-state index < -0.39 is 0 Å². The predicted molar refractivity (Wildman–Crippen MR) is 130 cm³/mol. The first kappa shape index (κ1) is 21.3. The summed E-state index contributed by atoms with van der Waals surface area (Å²) >= 11 is 0. The molecule has 2 aromatic carbocycles. The zero-order chi connectivity index (χ0) is 23.5. The Morgan fingerprint density at radius 3 is 2.79 bits per heavy atom. The number of aromatic nitrogens is 5. The highest BCUT2D eigenvalue weighted by molar-refractivity contribution is 5.96. The normalized spacial score (nSPS) is 11.0. The van der Waals surface area contributed by atoms with E-state index in [-0.39, 0.29) is 12.5 Å². The van der Waals surface area contributed by atoms with Gasteiger partial charge in [0, 0.05) is 31.4 Å². The van der Waals surface area contributed by atoms with Crippen LogP contribution in [0.4, 0.5) is 11.5 Å². The van der Waals surface area contributed by atoms with Crippen LogP contribution in [0.15, 0.2) is 73.3 Å². The van der Waals surface area contributed by atoms with Gasteiger partial charge < -0.3 is 15.0 Å². The van der Waals surface area contributed by atoms with E-state index in [1.807, 2.05) is 65.5 Å². The van der Waals surface area contributed by atoms with Crippen LogP contribution in [0.2, 0.25) is 0 Å². The molecule has 0 atom stereocenters. The van der Waals surface area contributed by atoms with E-state index in [4.69, 9.17) is 4.74 Å². The molecule has 1 amide bonds. The number of pyridine rings is 1. The third-order valence-corrected chi connectivity index (χ3v) is 5.42. The number of carbonyl (C=O) groups is 1. The number of rotatable bonds is 7. The fraction of sp³-hybridized carbons (Fsp3) is 0.160. The number of fused-ring (bicyclic) bond motifs is 2. The zero-order valence-corrected chi connectivity index (χ0v) is 18.8. The van der Waals surface area contributed by atoms with Crippen LogP contribution < -0.4 is 10.1 Å². The van der Waals surface area contributed by atoms with Gasteiger partial charge >= 0.3 is 0 Å². The molecule has 0 spiro atoms. The lowest BCUT2D eigenvalue weighted by Crippen LogP contribution is -2.27. The van der Waals surface area contributed by atoms with Crippen LogP contribution in [-0.2, 0) is 11.3 Å². The minimum atomic E-state index is -0.128. The Bertz CT molecular complexity index is 1460. The maximum absolute atomic E-state index is 12.0. The van der Waals surface area contributed by atoms with Crippen LogP contribution in [0.1, 0.15) is 5.69 Å². The van der Waals surface area contributed by atoms with Gasteiger partial charge in [0.15, 0.2) is 6.61 Å². The number of nitrogens with zero attached hydrogens (tertiary/aromatic N) is 6. The largest absolute Gasteiger partial charge is 0.483 e. The minimum absolute atomic E-state index is 0.0676. The molecule has 0 saturated heterocycles. The summed E-state index contributed by atoms with van der Waals surface area (Å²) in [6.07, 6.45) is 5.12. The number of benzene rings is 2. The fourth-order valence-electron chi connectivity index (χ4n) is 3.63. The lowest BCUT2D eigenvalue weighted by molar-refractivity contribution is -0.130. The molecular formula is C25H23N7O2. The van der Waals surface area contributed by atoms with Crippen molar-refractivity contribution in [2.45, 2.75) is 6.54 Å². The Balaban J connectivity index is 1.43. The second-order valence-corrected chi connectivity index (χ2v) is 7.97. The summed E-state index contributed by atoms with van der Waals surface area (Å²) in [5.41, 5.74) is 3.53. The number of hydrogen-bond acceptors (Lipinski definition) is 7. The molecule has 170 valence electrons. The molecule has 1 N–H and O–H groups in total. The number of anilines is 2. The number of nitrogens with one attached hydrogen (secondary N) is 1. The Kier molecular flexibility index (Phi) is 5.73. The lowest BCUT2D eigenvalue weighted by atomic mass is 10.2. The second-order valence-electron chi connectivity index (χ2n) is 7.97. The van der Waals surface area contributed by atoms with E-state index in [2.05, 4.69) is 25.4 Å². The summed E-state index contributed by atoms with van der Waals surface area (Å²) in [6, 6.07) is 17.4. The molecule has 0 fully saturated rings. The summed E-state index contributed by atoms with van der Waals surface area (Å²) in [5.74, 6) is 1.01. The molecule has 0 aliphatic rings. The van der Waals surface area contributed by atoms with E-state index in [0.717, 1.165) is 27.8 Å². The molecule has 3 heterocycles. The summed E-state index contributed by atoms with van der Waals surface area (Å²) in [6.45, 7) is 0.530. The summed E-state index contributed by atoms with van der Waals surface area (Å²) in [5, 5.41) is 9.60. The maximum atomic E-state index is 12.0. The van der Waals surface area contributed by atoms with Gasteiger partial charge in [-0.25, -0.2) is 9.97 Å². The molecule has 34 heavy (non-hydrogen) atoms. The van der Waals surface area contributed by atoms with Gasteiger partial charge in [-0.05, 0) is 42.5 Å². The highest BCUT2D eigenvalue weighted by Gasteiger charge is 2.13. The first-order valence-corrected chi connectivity index (χ1v) is 10.8. The van der Waals surface area contributed by atoms with Crippen LogP contribution in [-0.4, -0.2) is 56.2 Å². The highest BCUT2D eigenvalue weighted by Crippen LogP contribution is 2.32. The quantitative estimate of drug-likeness (QED) is 0.402. The molecule has 9 heteroatoms. The maximum Gasteiger partial charge on any atom is 0.259 e. The van der Waals surface area contributed by atoms with Gasteiger partial charge in [-0.2, -0.15) is 5.10 Å². The summed E-state index contributed by atoms with van der Waals surface area (Å²) < 4.78 is 7.75. The van der Waals surface area contributed by atoms with E-state index in [1.54, 1.807) is 20.3 Å². The number of hydrogen-bond donors (Lipinski definition) is 1. The molecule has 9 nitrogen and oxygen atoms in total. The van der Waals surface area contributed by atoms with Gasteiger partial charge in [0.2, 0.25) is 0 Å². The average Bonchev–Trinajstić information content (AvgIpc) is 3.25. The fourth-order valence-corrected chi connectivity index (χ4v) is 3.63. The Labute approximate surface area is 196 Å². The summed E-state index contributed by atoms with van der Waals surface area (Å²) in [4.78, 5) is 26.7. The third kappa shape index (κ3) is 4.36. The molecule has 3 aromatic heterocycles. The molecule has 5 rings (SSSR count). The van der Waals surface area contributed by atoms with Crippen molar-refractivity contribution >= 4 is 39.2 Å². The van der Waals surface area contributed by atoms with Crippen molar-refractivity contribution < 1.29 is 9.53 Å². The van der Waals surface area contributed by atoms with E-state index in [1.165, 1.54) is 11.2 Å². The summed E-state index contributed by atoms with van der Waals surface area (Å²) in [7, 11) is 3.39. The van der Waals surface area contributed by atoms with Crippen LogP contribution in [0, 0.1) is 0 Å². The highest BCUT2D eigenvalue weighted by atomic mass is 16.5. The smallest absolute Gasteiger partial charge is 0.259 e. The first-order chi connectivity index (χ1) is 16.6.